The lowest BCUT2D eigenvalue weighted by molar-refractivity contribution is 0.0635. The van der Waals surface area contributed by atoms with Crippen molar-refractivity contribution in [2.45, 2.75) is 26.4 Å². The summed E-state index contributed by atoms with van der Waals surface area (Å²) in [5, 5.41) is 8.03. The predicted molar refractivity (Wildman–Crippen MR) is 122 cm³/mol. The number of pyridine rings is 1. The number of amides is 3. The van der Waals surface area contributed by atoms with E-state index >= 15 is 0 Å². The van der Waals surface area contributed by atoms with E-state index in [4.69, 9.17) is 4.74 Å². The van der Waals surface area contributed by atoms with Gasteiger partial charge in [-0.25, -0.2) is 14.6 Å². The molecule has 1 aromatic heterocycles. The summed E-state index contributed by atoms with van der Waals surface area (Å²) >= 11 is 0. The molecule has 0 aliphatic heterocycles. The molecule has 1 aliphatic carbocycles. The number of rotatable bonds is 3. The highest BCUT2D eigenvalue weighted by Gasteiger charge is 2.28. The Morgan fingerprint density at radius 1 is 0.875 bits per heavy atom. The molecule has 8 nitrogen and oxygen atoms in total. The summed E-state index contributed by atoms with van der Waals surface area (Å²) in [6.07, 6.45) is 0.847. The molecule has 3 amide bonds. The highest BCUT2D eigenvalue weighted by atomic mass is 16.6. The van der Waals surface area contributed by atoms with Crippen LogP contribution in [0.3, 0.4) is 0 Å². The number of benzene rings is 2. The van der Waals surface area contributed by atoms with Gasteiger partial charge in [-0.3, -0.25) is 15.4 Å². The van der Waals surface area contributed by atoms with Crippen molar-refractivity contribution in [3.63, 3.8) is 0 Å². The summed E-state index contributed by atoms with van der Waals surface area (Å²) in [4.78, 5) is 41.3. The van der Waals surface area contributed by atoms with E-state index in [2.05, 4.69) is 20.9 Å². The number of urea groups is 1. The standard InChI is InChI=1S/C24H22N4O4/c1-24(2,3)32-23(31)26-14-11-12-25-19(13-14)28-22(30)27-18-10-6-9-17-20(18)15-7-4-5-8-16(15)21(17)29/h4-13H,1-3H3,(H3,25,26,27,28,30,31). The average Bonchev–Trinajstić information content (AvgIpc) is 3.00. The van der Waals surface area contributed by atoms with Gasteiger partial charge in [0.15, 0.2) is 5.78 Å². The third kappa shape index (κ3) is 4.44. The molecular weight excluding hydrogens is 408 g/mol. The lowest BCUT2D eigenvalue weighted by atomic mass is 10.0. The molecule has 2 aromatic carbocycles. The lowest BCUT2D eigenvalue weighted by Gasteiger charge is -2.19. The predicted octanol–water partition coefficient (Wildman–Crippen LogP) is 5.28. The molecule has 1 heterocycles. The number of nitrogens with one attached hydrogen (secondary N) is 3. The summed E-state index contributed by atoms with van der Waals surface area (Å²) in [5.41, 5.74) is 2.94. The number of ketones is 1. The van der Waals surface area contributed by atoms with Crippen LogP contribution in [0.15, 0.2) is 60.8 Å². The van der Waals surface area contributed by atoms with Crippen molar-refractivity contribution in [3.8, 4) is 11.1 Å². The van der Waals surface area contributed by atoms with Crippen LogP contribution < -0.4 is 16.0 Å². The minimum Gasteiger partial charge on any atom is -0.444 e. The molecule has 0 atom stereocenters. The molecule has 0 bridgehead atoms. The molecule has 3 aromatic rings. The minimum atomic E-state index is -0.631. The van der Waals surface area contributed by atoms with E-state index in [-0.39, 0.29) is 11.6 Å². The number of anilines is 3. The van der Waals surface area contributed by atoms with Gasteiger partial charge < -0.3 is 10.1 Å². The summed E-state index contributed by atoms with van der Waals surface area (Å²) in [6.45, 7) is 5.30. The second-order valence-corrected chi connectivity index (χ2v) is 8.24. The second kappa shape index (κ2) is 8.14. The topological polar surface area (TPSA) is 109 Å². The zero-order chi connectivity index (χ0) is 22.9. The van der Waals surface area contributed by atoms with E-state index in [9.17, 15) is 14.4 Å². The van der Waals surface area contributed by atoms with E-state index in [1.54, 1.807) is 51.1 Å². The van der Waals surface area contributed by atoms with Crippen LogP contribution in [-0.4, -0.2) is 28.5 Å². The normalized spacial score (nSPS) is 11.9. The van der Waals surface area contributed by atoms with Crippen molar-refractivity contribution in [1.29, 1.82) is 0 Å². The summed E-state index contributed by atoms with van der Waals surface area (Å²) in [6, 6.07) is 15.1. The summed E-state index contributed by atoms with van der Waals surface area (Å²) in [5.74, 6) is 0.169. The van der Waals surface area contributed by atoms with Crippen LogP contribution in [0.1, 0.15) is 36.7 Å². The first-order valence-corrected chi connectivity index (χ1v) is 10.0. The molecule has 0 radical (unpaired) electrons. The Bertz CT molecular complexity index is 1230. The van der Waals surface area contributed by atoms with Gasteiger partial charge in [0.25, 0.3) is 0 Å². The van der Waals surface area contributed by atoms with Crippen LogP contribution in [0.4, 0.5) is 26.8 Å². The molecule has 32 heavy (non-hydrogen) atoms. The number of carbonyl (C=O) groups is 3. The van der Waals surface area contributed by atoms with Crippen LogP contribution in [0, 0.1) is 0 Å². The molecule has 8 heteroatoms. The van der Waals surface area contributed by atoms with E-state index < -0.39 is 17.7 Å². The quantitative estimate of drug-likeness (QED) is 0.409. The van der Waals surface area contributed by atoms with Gasteiger partial charge in [-0.2, -0.15) is 0 Å². The van der Waals surface area contributed by atoms with Crippen molar-refractivity contribution >= 4 is 35.1 Å². The first-order chi connectivity index (χ1) is 15.2. The number of hydrogen-bond acceptors (Lipinski definition) is 5. The van der Waals surface area contributed by atoms with Crippen molar-refractivity contribution in [1.82, 2.24) is 4.98 Å². The Hall–Kier alpha value is -4.20. The third-order valence-corrected chi connectivity index (χ3v) is 4.65. The van der Waals surface area contributed by atoms with Crippen molar-refractivity contribution < 1.29 is 19.1 Å². The maximum atomic E-state index is 12.6. The highest BCUT2D eigenvalue weighted by molar-refractivity contribution is 6.24. The fourth-order valence-corrected chi connectivity index (χ4v) is 3.45. The van der Waals surface area contributed by atoms with Gasteiger partial charge >= 0.3 is 12.1 Å². The van der Waals surface area contributed by atoms with Crippen LogP contribution in [0.25, 0.3) is 11.1 Å². The molecule has 3 N–H and O–H groups in total. The van der Waals surface area contributed by atoms with Crippen LogP contribution in [-0.2, 0) is 4.74 Å². The molecular formula is C24H22N4O4. The monoisotopic (exact) mass is 430 g/mol. The van der Waals surface area contributed by atoms with Gasteiger partial charge in [-0.15, -0.1) is 0 Å². The second-order valence-electron chi connectivity index (χ2n) is 8.24. The highest BCUT2D eigenvalue weighted by Crippen LogP contribution is 2.41. The summed E-state index contributed by atoms with van der Waals surface area (Å²) < 4.78 is 5.22. The molecule has 0 unspecified atom stereocenters. The number of hydrogen-bond donors (Lipinski definition) is 3. The molecule has 4 rings (SSSR count). The third-order valence-electron chi connectivity index (χ3n) is 4.65. The lowest BCUT2D eigenvalue weighted by Crippen LogP contribution is -2.27. The molecule has 0 saturated carbocycles. The number of nitrogens with zero attached hydrogens (tertiary/aromatic N) is 1. The van der Waals surface area contributed by atoms with E-state index in [0.29, 0.717) is 28.1 Å². The number of aromatic nitrogens is 1. The SMILES string of the molecule is CC(C)(C)OC(=O)Nc1ccnc(NC(=O)Nc2cccc3c2-c2ccccc2C3=O)c1. The molecule has 162 valence electrons. The fraction of sp³-hybridized carbons (Fsp3) is 0.167. The fourth-order valence-electron chi connectivity index (χ4n) is 3.45. The van der Waals surface area contributed by atoms with Crippen molar-refractivity contribution in [2.24, 2.45) is 0 Å². The first kappa shape index (κ1) is 21.0. The molecule has 1 aliphatic rings. The van der Waals surface area contributed by atoms with Gasteiger partial charge in [0.05, 0.1) is 5.69 Å². The average molecular weight is 430 g/mol. The Morgan fingerprint density at radius 2 is 1.59 bits per heavy atom. The van der Waals surface area contributed by atoms with E-state index in [0.717, 1.165) is 5.56 Å². The minimum absolute atomic E-state index is 0.0674. The van der Waals surface area contributed by atoms with Crippen LogP contribution >= 0.6 is 0 Å². The smallest absolute Gasteiger partial charge is 0.412 e. The van der Waals surface area contributed by atoms with Gasteiger partial charge in [0, 0.05) is 34.6 Å². The van der Waals surface area contributed by atoms with Gasteiger partial charge in [-0.05, 0) is 38.5 Å². The largest absolute Gasteiger partial charge is 0.444 e. The maximum absolute atomic E-state index is 12.6. The maximum Gasteiger partial charge on any atom is 0.412 e. The molecule has 0 saturated heterocycles. The Kier molecular flexibility index (Phi) is 5.36. The number of fused-ring (bicyclic) bond motifs is 3. The van der Waals surface area contributed by atoms with Crippen LogP contribution in [0.5, 0.6) is 0 Å². The Labute approximate surface area is 185 Å². The Morgan fingerprint density at radius 3 is 2.34 bits per heavy atom. The summed E-state index contributed by atoms with van der Waals surface area (Å²) in [7, 11) is 0. The Balaban J connectivity index is 1.49. The van der Waals surface area contributed by atoms with Crippen molar-refractivity contribution in [2.75, 3.05) is 16.0 Å². The molecule has 0 spiro atoms. The van der Waals surface area contributed by atoms with E-state index in [1.807, 2.05) is 18.2 Å². The van der Waals surface area contributed by atoms with Crippen molar-refractivity contribution in [3.05, 3.63) is 71.9 Å². The number of ether oxygens (including phenoxy) is 1. The van der Waals surface area contributed by atoms with Gasteiger partial charge in [0.1, 0.15) is 11.4 Å². The zero-order valence-electron chi connectivity index (χ0n) is 17.9. The zero-order valence-corrected chi connectivity index (χ0v) is 17.9. The van der Waals surface area contributed by atoms with Crippen LogP contribution in [0.2, 0.25) is 0 Å². The van der Waals surface area contributed by atoms with Gasteiger partial charge in [-0.1, -0.05) is 36.4 Å². The first-order valence-electron chi connectivity index (χ1n) is 10.0. The molecule has 0 fully saturated rings. The van der Waals surface area contributed by atoms with E-state index in [1.165, 1.54) is 12.3 Å². The number of carbonyl (C=O) groups excluding carboxylic acids is 3. The van der Waals surface area contributed by atoms with Gasteiger partial charge in [0.2, 0.25) is 0 Å².